The predicted octanol–water partition coefficient (Wildman–Crippen LogP) is 5.86. The van der Waals surface area contributed by atoms with Crippen LogP contribution >= 0.6 is 11.3 Å². The summed E-state index contributed by atoms with van der Waals surface area (Å²) >= 11 is 1.45. The zero-order chi connectivity index (χ0) is 27.1. The molecule has 200 valence electrons. The molecule has 1 aliphatic carbocycles. The van der Waals surface area contributed by atoms with Gasteiger partial charge in [-0.1, -0.05) is 12.1 Å². The highest BCUT2D eigenvalue weighted by Gasteiger charge is 2.27. The van der Waals surface area contributed by atoms with E-state index in [4.69, 9.17) is 14.2 Å². The highest BCUT2D eigenvalue weighted by Crippen LogP contribution is 2.39. The van der Waals surface area contributed by atoms with Gasteiger partial charge < -0.3 is 24.8 Å². The Morgan fingerprint density at radius 3 is 2.42 bits per heavy atom. The van der Waals surface area contributed by atoms with Crippen LogP contribution in [-0.2, 0) is 22.4 Å². The van der Waals surface area contributed by atoms with E-state index in [1.807, 2.05) is 19.1 Å². The summed E-state index contributed by atoms with van der Waals surface area (Å²) in [6.45, 7) is 6.05. The smallest absolute Gasteiger partial charge is 0.341 e. The van der Waals surface area contributed by atoms with Crippen molar-refractivity contribution in [1.82, 2.24) is 0 Å². The summed E-state index contributed by atoms with van der Waals surface area (Å²) in [7, 11) is 0. The van der Waals surface area contributed by atoms with Crippen LogP contribution in [0.3, 0.4) is 0 Å². The lowest BCUT2D eigenvalue weighted by Gasteiger charge is -2.16. The van der Waals surface area contributed by atoms with Crippen molar-refractivity contribution >= 4 is 39.8 Å². The monoisotopic (exact) mass is 536 g/mol. The lowest BCUT2D eigenvalue weighted by molar-refractivity contribution is -0.122. The van der Waals surface area contributed by atoms with Crippen molar-refractivity contribution in [3.05, 3.63) is 70.1 Å². The highest BCUT2D eigenvalue weighted by molar-refractivity contribution is 7.17. The molecule has 38 heavy (non-hydrogen) atoms. The zero-order valence-corrected chi connectivity index (χ0v) is 22.6. The van der Waals surface area contributed by atoms with Crippen molar-refractivity contribution in [2.24, 2.45) is 0 Å². The average molecular weight is 537 g/mol. The van der Waals surface area contributed by atoms with Crippen LogP contribution in [0.25, 0.3) is 0 Å². The van der Waals surface area contributed by atoms with Gasteiger partial charge >= 0.3 is 5.97 Å². The molecule has 2 N–H and O–H groups in total. The molecule has 2 aromatic carbocycles. The fourth-order valence-corrected chi connectivity index (χ4v) is 5.55. The van der Waals surface area contributed by atoms with E-state index >= 15 is 0 Å². The molecule has 8 nitrogen and oxygen atoms in total. The molecule has 0 fully saturated rings. The molecule has 0 spiro atoms. The first-order valence-corrected chi connectivity index (χ1v) is 13.6. The van der Waals surface area contributed by atoms with Crippen molar-refractivity contribution in [1.29, 1.82) is 0 Å². The van der Waals surface area contributed by atoms with E-state index in [1.165, 1.54) is 11.3 Å². The van der Waals surface area contributed by atoms with Gasteiger partial charge in [-0.15, -0.1) is 11.3 Å². The summed E-state index contributed by atoms with van der Waals surface area (Å²) in [4.78, 5) is 39.5. The van der Waals surface area contributed by atoms with E-state index in [2.05, 4.69) is 10.6 Å². The fraction of sp³-hybridized carbons (Fsp3) is 0.345. The number of hydrogen-bond acceptors (Lipinski definition) is 7. The lowest BCUT2D eigenvalue weighted by atomic mass is 9.95. The minimum atomic E-state index is -0.783. The van der Waals surface area contributed by atoms with Crippen LogP contribution in [-0.4, -0.2) is 37.1 Å². The number of nitrogens with one attached hydrogen (secondary N) is 2. The van der Waals surface area contributed by atoms with Crippen LogP contribution in [0.2, 0.25) is 0 Å². The standard InChI is InChI=1S/C29H32N2O6S/c1-4-35-23-12-8-7-11-22(23)30-26(32)18(3)37-20-16-14-19(15-17-20)27(33)31-28-25(29(34)36-5-2)21-10-6-9-13-24(21)38-28/h7-8,11-12,14-18H,4-6,9-10,13H2,1-3H3,(H,30,32)(H,31,33)/t18-/m0/s1. The summed E-state index contributed by atoms with van der Waals surface area (Å²) in [6.07, 6.45) is 3.01. The Hall–Kier alpha value is -3.85. The first-order chi connectivity index (χ1) is 18.4. The number of anilines is 2. The van der Waals surface area contributed by atoms with Gasteiger partial charge in [-0.3, -0.25) is 9.59 Å². The van der Waals surface area contributed by atoms with Crippen molar-refractivity contribution in [3.8, 4) is 11.5 Å². The first kappa shape index (κ1) is 27.2. The van der Waals surface area contributed by atoms with Crippen LogP contribution in [0.15, 0.2) is 48.5 Å². The SMILES string of the molecule is CCOC(=O)c1c(NC(=O)c2ccc(O[C@@H](C)C(=O)Nc3ccccc3OCC)cc2)sc2c1CCCC2. The molecule has 1 aromatic heterocycles. The summed E-state index contributed by atoms with van der Waals surface area (Å²) in [5, 5.41) is 6.26. The van der Waals surface area contributed by atoms with Gasteiger partial charge in [0.15, 0.2) is 6.10 Å². The molecule has 2 amide bonds. The number of carbonyl (C=O) groups is 3. The van der Waals surface area contributed by atoms with E-state index in [0.717, 1.165) is 36.1 Å². The van der Waals surface area contributed by atoms with E-state index < -0.39 is 12.1 Å². The number of carbonyl (C=O) groups excluding carboxylic acids is 3. The van der Waals surface area contributed by atoms with Crippen molar-refractivity contribution in [2.45, 2.75) is 52.6 Å². The quantitative estimate of drug-likeness (QED) is 0.315. The van der Waals surface area contributed by atoms with Gasteiger partial charge in [0, 0.05) is 10.4 Å². The second-order valence-electron chi connectivity index (χ2n) is 8.79. The number of rotatable bonds is 10. The van der Waals surface area contributed by atoms with Crippen LogP contribution in [0.4, 0.5) is 10.7 Å². The molecule has 3 aromatic rings. The van der Waals surface area contributed by atoms with Gasteiger partial charge in [-0.2, -0.15) is 0 Å². The Morgan fingerprint density at radius 1 is 0.947 bits per heavy atom. The third-order valence-corrected chi connectivity index (χ3v) is 7.33. The minimum absolute atomic E-state index is 0.272. The second-order valence-corrected chi connectivity index (χ2v) is 9.90. The number of esters is 1. The van der Waals surface area contributed by atoms with E-state index in [9.17, 15) is 14.4 Å². The number of hydrogen-bond donors (Lipinski definition) is 2. The molecule has 0 saturated heterocycles. The van der Waals surface area contributed by atoms with Crippen molar-refractivity contribution < 1.29 is 28.6 Å². The van der Waals surface area contributed by atoms with Crippen LogP contribution < -0.4 is 20.1 Å². The lowest BCUT2D eigenvalue weighted by Crippen LogP contribution is -2.30. The van der Waals surface area contributed by atoms with Gasteiger partial charge in [-0.05, 0) is 88.4 Å². The topological polar surface area (TPSA) is 103 Å². The molecule has 0 bridgehead atoms. The Labute approximate surface area is 226 Å². The maximum atomic E-state index is 13.0. The second kappa shape index (κ2) is 12.6. The normalized spacial score (nSPS) is 13.1. The van der Waals surface area contributed by atoms with Gasteiger partial charge in [0.25, 0.3) is 11.8 Å². The number of aryl methyl sites for hydroxylation is 1. The van der Waals surface area contributed by atoms with Crippen LogP contribution in [0.5, 0.6) is 11.5 Å². The van der Waals surface area contributed by atoms with Gasteiger partial charge in [-0.25, -0.2) is 4.79 Å². The van der Waals surface area contributed by atoms with E-state index in [-0.39, 0.29) is 18.4 Å². The molecule has 0 saturated carbocycles. The summed E-state index contributed by atoms with van der Waals surface area (Å²) in [6, 6.07) is 13.7. The Kier molecular flexibility index (Phi) is 9.02. The number of amides is 2. The summed E-state index contributed by atoms with van der Waals surface area (Å²) < 4.78 is 16.6. The fourth-order valence-electron chi connectivity index (χ4n) is 4.28. The van der Waals surface area contributed by atoms with E-state index in [1.54, 1.807) is 50.2 Å². The molecule has 0 unspecified atom stereocenters. The van der Waals surface area contributed by atoms with Crippen LogP contribution in [0.1, 0.15) is 64.8 Å². The average Bonchev–Trinajstić information content (AvgIpc) is 3.28. The molecule has 0 radical (unpaired) electrons. The number of benzene rings is 2. The number of thiophene rings is 1. The highest BCUT2D eigenvalue weighted by atomic mass is 32.1. The molecular formula is C29H32N2O6S. The molecule has 4 rings (SSSR count). The third kappa shape index (κ3) is 6.34. The number of para-hydroxylation sites is 2. The first-order valence-electron chi connectivity index (χ1n) is 12.8. The molecule has 0 aliphatic heterocycles. The maximum Gasteiger partial charge on any atom is 0.341 e. The Bertz CT molecular complexity index is 1300. The predicted molar refractivity (Wildman–Crippen MR) is 148 cm³/mol. The van der Waals surface area contributed by atoms with Crippen molar-refractivity contribution in [3.63, 3.8) is 0 Å². The maximum absolute atomic E-state index is 13.0. The number of ether oxygens (including phenoxy) is 3. The van der Waals surface area contributed by atoms with Gasteiger partial charge in [0.2, 0.25) is 0 Å². The summed E-state index contributed by atoms with van der Waals surface area (Å²) in [5.74, 6) is -0.0297. The van der Waals surface area contributed by atoms with E-state index in [0.29, 0.717) is 39.9 Å². The molecule has 9 heteroatoms. The molecule has 1 aliphatic rings. The third-order valence-electron chi connectivity index (χ3n) is 6.12. The van der Waals surface area contributed by atoms with Crippen molar-refractivity contribution in [2.75, 3.05) is 23.8 Å². The Balaban J connectivity index is 1.41. The minimum Gasteiger partial charge on any atom is -0.492 e. The Morgan fingerprint density at radius 2 is 1.68 bits per heavy atom. The van der Waals surface area contributed by atoms with Gasteiger partial charge in [0.1, 0.15) is 16.5 Å². The largest absolute Gasteiger partial charge is 0.492 e. The summed E-state index contributed by atoms with van der Waals surface area (Å²) in [5.41, 5.74) is 2.45. The molecule has 1 heterocycles. The zero-order valence-electron chi connectivity index (χ0n) is 21.8. The molecular weight excluding hydrogens is 504 g/mol. The number of fused-ring (bicyclic) bond motifs is 1. The van der Waals surface area contributed by atoms with Gasteiger partial charge in [0.05, 0.1) is 24.5 Å². The van der Waals surface area contributed by atoms with Crippen LogP contribution in [0, 0.1) is 0 Å². The molecule has 1 atom stereocenters.